The van der Waals surface area contributed by atoms with Gasteiger partial charge in [0.25, 0.3) is 5.91 Å². The molecule has 10 heteroatoms. The second kappa shape index (κ2) is 7.98. The molecule has 0 aromatic carbocycles. The fourth-order valence-electron chi connectivity index (χ4n) is 3.83. The highest BCUT2D eigenvalue weighted by Gasteiger charge is 2.34. The maximum absolute atomic E-state index is 12.9. The molecule has 2 aromatic heterocycles. The number of esters is 1. The SMILES string of the molecule is CCCNC(=O)COC(=O)c1cc(C2CC2)nc2c1c(C)nn2C1CCS(=O)(=O)C1. The molecule has 2 aromatic rings. The Hall–Kier alpha value is -2.49. The molecule has 1 amide bonds. The zero-order chi connectivity index (χ0) is 21.5. The molecule has 1 unspecified atom stereocenters. The van der Waals surface area contributed by atoms with Gasteiger partial charge in [0, 0.05) is 18.2 Å². The Balaban J connectivity index is 1.69. The van der Waals surface area contributed by atoms with Crippen LogP contribution in [0.3, 0.4) is 0 Å². The summed E-state index contributed by atoms with van der Waals surface area (Å²) in [6.07, 6.45) is 3.27. The summed E-state index contributed by atoms with van der Waals surface area (Å²) in [5.74, 6) is -0.512. The third-order valence-corrected chi connectivity index (χ3v) is 7.28. The first-order valence-electron chi connectivity index (χ1n) is 10.3. The van der Waals surface area contributed by atoms with Crippen molar-refractivity contribution in [2.75, 3.05) is 24.7 Å². The topological polar surface area (TPSA) is 120 Å². The van der Waals surface area contributed by atoms with Gasteiger partial charge in [0.1, 0.15) is 0 Å². The highest BCUT2D eigenvalue weighted by Crippen LogP contribution is 2.41. The molecule has 162 valence electrons. The number of hydrogen-bond donors (Lipinski definition) is 1. The van der Waals surface area contributed by atoms with Crippen LogP contribution in [0.2, 0.25) is 0 Å². The van der Waals surface area contributed by atoms with Crippen LogP contribution in [0.15, 0.2) is 6.07 Å². The van der Waals surface area contributed by atoms with E-state index in [2.05, 4.69) is 10.4 Å². The number of aryl methyl sites for hydroxylation is 1. The molecule has 1 aliphatic carbocycles. The third-order valence-electron chi connectivity index (χ3n) is 5.53. The van der Waals surface area contributed by atoms with E-state index in [1.54, 1.807) is 17.7 Å². The minimum Gasteiger partial charge on any atom is -0.452 e. The Morgan fingerprint density at radius 2 is 2.07 bits per heavy atom. The molecule has 1 atom stereocenters. The molecule has 9 nitrogen and oxygen atoms in total. The molecule has 0 bridgehead atoms. The van der Waals surface area contributed by atoms with E-state index in [4.69, 9.17) is 9.72 Å². The van der Waals surface area contributed by atoms with E-state index in [1.807, 2.05) is 6.92 Å². The smallest absolute Gasteiger partial charge is 0.339 e. The van der Waals surface area contributed by atoms with E-state index < -0.39 is 15.8 Å². The lowest BCUT2D eigenvalue weighted by molar-refractivity contribution is -0.124. The number of carbonyl (C=O) groups is 2. The fraction of sp³-hybridized carbons (Fsp3) is 0.600. The van der Waals surface area contributed by atoms with Crippen molar-refractivity contribution >= 4 is 32.7 Å². The first-order chi connectivity index (χ1) is 14.3. The minimum absolute atomic E-state index is 0.0237. The summed E-state index contributed by atoms with van der Waals surface area (Å²) < 4.78 is 30.9. The summed E-state index contributed by atoms with van der Waals surface area (Å²) in [7, 11) is -3.09. The molecule has 1 N–H and O–H groups in total. The molecule has 2 fully saturated rings. The van der Waals surface area contributed by atoms with Gasteiger partial charge < -0.3 is 10.1 Å². The minimum atomic E-state index is -3.09. The van der Waals surface area contributed by atoms with Crippen LogP contribution in [0.5, 0.6) is 0 Å². The highest BCUT2D eigenvalue weighted by atomic mass is 32.2. The lowest BCUT2D eigenvalue weighted by atomic mass is 10.1. The van der Waals surface area contributed by atoms with Crippen molar-refractivity contribution in [2.24, 2.45) is 0 Å². The number of pyridine rings is 1. The Kier molecular flexibility index (Phi) is 5.52. The number of ether oxygens (including phenoxy) is 1. The fourth-order valence-corrected chi connectivity index (χ4v) is 5.52. The van der Waals surface area contributed by atoms with Gasteiger partial charge in [0.05, 0.1) is 34.2 Å². The molecule has 1 aliphatic heterocycles. The lowest BCUT2D eigenvalue weighted by Gasteiger charge is -2.12. The highest BCUT2D eigenvalue weighted by molar-refractivity contribution is 7.91. The van der Waals surface area contributed by atoms with E-state index in [9.17, 15) is 18.0 Å². The van der Waals surface area contributed by atoms with E-state index >= 15 is 0 Å². The number of aromatic nitrogens is 3. The van der Waals surface area contributed by atoms with Crippen molar-refractivity contribution in [3.05, 3.63) is 23.0 Å². The normalized spacial score (nSPS) is 20.4. The van der Waals surface area contributed by atoms with E-state index in [1.165, 1.54) is 0 Å². The van der Waals surface area contributed by atoms with Gasteiger partial charge in [-0.2, -0.15) is 5.10 Å². The van der Waals surface area contributed by atoms with Crippen molar-refractivity contribution < 1.29 is 22.7 Å². The van der Waals surface area contributed by atoms with Crippen molar-refractivity contribution in [1.82, 2.24) is 20.1 Å². The summed E-state index contributed by atoms with van der Waals surface area (Å²) in [6, 6.07) is 1.44. The van der Waals surface area contributed by atoms with Crippen LogP contribution in [0.1, 0.15) is 66.3 Å². The number of fused-ring (bicyclic) bond motifs is 1. The predicted molar refractivity (Wildman–Crippen MR) is 110 cm³/mol. The second-order valence-electron chi connectivity index (χ2n) is 8.08. The number of carbonyl (C=O) groups excluding carboxylic acids is 2. The summed E-state index contributed by atoms with van der Waals surface area (Å²) in [6.45, 7) is 3.88. The average molecular weight is 435 g/mol. The molecule has 1 saturated heterocycles. The van der Waals surface area contributed by atoms with E-state index in [-0.39, 0.29) is 36.0 Å². The predicted octanol–water partition coefficient (Wildman–Crippen LogP) is 1.66. The van der Waals surface area contributed by atoms with E-state index in [0.29, 0.717) is 35.3 Å². The molecule has 3 heterocycles. The number of hydrogen-bond acceptors (Lipinski definition) is 7. The maximum Gasteiger partial charge on any atom is 0.339 e. The van der Waals surface area contributed by atoms with Gasteiger partial charge in [-0.1, -0.05) is 6.92 Å². The molecular formula is C20H26N4O5S. The van der Waals surface area contributed by atoms with Gasteiger partial charge in [-0.3, -0.25) is 4.79 Å². The van der Waals surface area contributed by atoms with Crippen LogP contribution in [0, 0.1) is 6.92 Å². The second-order valence-corrected chi connectivity index (χ2v) is 10.3. The molecule has 4 rings (SSSR count). The van der Waals surface area contributed by atoms with Crippen LogP contribution in [-0.4, -0.2) is 59.7 Å². The van der Waals surface area contributed by atoms with Crippen LogP contribution >= 0.6 is 0 Å². The van der Waals surface area contributed by atoms with Crippen molar-refractivity contribution in [3.8, 4) is 0 Å². The number of amides is 1. The average Bonchev–Trinajstić information content (AvgIpc) is 3.43. The molecule has 0 radical (unpaired) electrons. The Morgan fingerprint density at radius 1 is 1.30 bits per heavy atom. The van der Waals surface area contributed by atoms with Crippen LogP contribution < -0.4 is 5.32 Å². The van der Waals surface area contributed by atoms with Crippen LogP contribution in [-0.2, 0) is 19.4 Å². The molecule has 2 aliphatic rings. The number of sulfone groups is 1. The summed E-state index contributed by atoms with van der Waals surface area (Å²) >= 11 is 0. The first kappa shape index (κ1) is 20.8. The van der Waals surface area contributed by atoms with Gasteiger partial charge >= 0.3 is 5.97 Å². The largest absolute Gasteiger partial charge is 0.452 e. The lowest BCUT2D eigenvalue weighted by Crippen LogP contribution is -2.29. The van der Waals surface area contributed by atoms with Crippen molar-refractivity contribution in [3.63, 3.8) is 0 Å². The zero-order valence-electron chi connectivity index (χ0n) is 17.2. The van der Waals surface area contributed by atoms with Gasteiger partial charge in [-0.15, -0.1) is 0 Å². The standard InChI is InChI=1S/C20H26N4O5S/c1-3-7-21-17(25)10-29-20(26)15-9-16(13-4-5-13)22-19-18(15)12(2)23-24(19)14-6-8-30(27,28)11-14/h9,13-14H,3-8,10-11H2,1-2H3,(H,21,25). The summed E-state index contributed by atoms with van der Waals surface area (Å²) in [5, 5.41) is 7.77. The van der Waals surface area contributed by atoms with E-state index in [0.717, 1.165) is 25.0 Å². The van der Waals surface area contributed by atoms with Crippen molar-refractivity contribution in [2.45, 2.75) is 51.5 Å². The van der Waals surface area contributed by atoms with Gasteiger partial charge in [-0.25, -0.2) is 22.9 Å². The van der Waals surface area contributed by atoms with Gasteiger partial charge in [0.15, 0.2) is 22.1 Å². The monoisotopic (exact) mass is 434 g/mol. The third kappa shape index (κ3) is 4.19. The molecular weight excluding hydrogens is 408 g/mol. The van der Waals surface area contributed by atoms with Gasteiger partial charge in [-0.05, 0) is 38.7 Å². The molecule has 1 saturated carbocycles. The quantitative estimate of drug-likeness (QED) is 0.658. The van der Waals surface area contributed by atoms with Crippen LogP contribution in [0.4, 0.5) is 0 Å². The Labute approximate surface area is 175 Å². The van der Waals surface area contributed by atoms with Gasteiger partial charge in [0.2, 0.25) is 0 Å². The maximum atomic E-state index is 12.9. The zero-order valence-corrected chi connectivity index (χ0v) is 18.0. The Bertz CT molecular complexity index is 1100. The summed E-state index contributed by atoms with van der Waals surface area (Å²) in [5.41, 5.74) is 2.22. The first-order valence-corrected chi connectivity index (χ1v) is 12.1. The molecule has 30 heavy (non-hydrogen) atoms. The number of nitrogens with zero attached hydrogens (tertiary/aromatic N) is 3. The molecule has 0 spiro atoms. The number of nitrogens with one attached hydrogen (secondary N) is 1. The van der Waals surface area contributed by atoms with Crippen LogP contribution in [0.25, 0.3) is 11.0 Å². The number of rotatable bonds is 7. The summed E-state index contributed by atoms with van der Waals surface area (Å²) in [4.78, 5) is 29.4. The Morgan fingerprint density at radius 3 is 2.70 bits per heavy atom. The van der Waals surface area contributed by atoms with Crippen molar-refractivity contribution in [1.29, 1.82) is 0 Å².